The first-order valence-electron chi connectivity index (χ1n) is 18.1. The smallest absolute Gasteiger partial charge is 0.335 e. The molecule has 1 saturated heterocycles. The fraction of sp³-hybridized carbons (Fsp3) is 0.333. The molecule has 0 bridgehead atoms. The molecule has 1 fully saturated rings. The molecule has 1 aliphatic carbocycles. The van der Waals surface area contributed by atoms with Crippen LogP contribution in [0.3, 0.4) is 0 Å². The van der Waals surface area contributed by atoms with Crippen molar-refractivity contribution in [2.45, 2.75) is 44.9 Å². The maximum atomic E-state index is 13.8. The van der Waals surface area contributed by atoms with Crippen LogP contribution >= 0.6 is 0 Å². The van der Waals surface area contributed by atoms with Gasteiger partial charge >= 0.3 is 5.97 Å². The number of fused-ring (bicyclic) bond motifs is 1. The highest BCUT2D eigenvalue weighted by molar-refractivity contribution is 6.13. The van der Waals surface area contributed by atoms with Crippen LogP contribution in [0.1, 0.15) is 82.9 Å². The van der Waals surface area contributed by atoms with Gasteiger partial charge in [-0.1, -0.05) is 30.3 Å². The Kier molecular flexibility index (Phi) is 12.1. The van der Waals surface area contributed by atoms with Gasteiger partial charge in [0.2, 0.25) is 0 Å². The van der Waals surface area contributed by atoms with Gasteiger partial charge in [0.05, 0.1) is 30.0 Å². The number of carbonyl (C=O) groups excluding carboxylic acids is 3. The molecule has 4 aromatic rings. The van der Waals surface area contributed by atoms with Crippen LogP contribution in [0.5, 0.6) is 0 Å². The standard InChI is InChI=1S/C42H46N4O6/c1-45(20-21-46-22-24-52-25-23-46)41(49)35-11-5-10-34(26-35)39(47)44-38-28-33-9-3-2-8-32(33)27-37(38)40(48)43-36-18-14-30(15-19-36)7-4-6-29-12-16-31(17-13-29)42(50)51/h5,10-19,26-28H,2-4,6-9,20-25H2,1H3,(H,43,48)(H,44,47)(H,50,51). The molecule has 2 aliphatic rings. The van der Waals surface area contributed by atoms with Gasteiger partial charge in [-0.05, 0) is 122 Å². The molecule has 10 nitrogen and oxygen atoms in total. The first-order chi connectivity index (χ1) is 25.2. The highest BCUT2D eigenvalue weighted by atomic mass is 16.5. The Morgan fingerprint density at radius 2 is 1.38 bits per heavy atom. The number of benzene rings is 4. The molecular weight excluding hydrogens is 656 g/mol. The minimum atomic E-state index is -0.930. The number of ether oxygens (including phenoxy) is 1. The van der Waals surface area contributed by atoms with Crippen molar-refractivity contribution in [3.8, 4) is 0 Å². The number of aryl methyl sites for hydroxylation is 4. The number of hydrogen-bond donors (Lipinski definition) is 3. The number of rotatable bonds is 13. The molecule has 0 unspecified atom stereocenters. The molecule has 52 heavy (non-hydrogen) atoms. The molecular formula is C42H46N4O6. The summed E-state index contributed by atoms with van der Waals surface area (Å²) in [4.78, 5) is 55.7. The first kappa shape index (κ1) is 36.5. The molecule has 3 amide bonds. The van der Waals surface area contributed by atoms with Crippen LogP contribution in [0.2, 0.25) is 0 Å². The number of carboxylic acid groups (broad SMARTS) is 1. The Morgan fingerprint density at radius 3 is 2.06 bits per heavy atom. The van der Waals surface area contributed by atoms with Crippen molar-refractivity contribution in [3.63, 3.8) is 0 Å². The Labute approximate surface area is 304 Å². The highest BCUT2D eigenvalue weighted by Gasteiger charge is 2.21. The summed E-state index contributed by atoms with van der Waals surface area (Å²) in [5.74, 6) is -1.79. The summed E-state index contributed by atoms with van der Waals surface area (Å²) in [5, 5.41) is 15.1. The second-order valence-electron chi connectivity index (χ2n) is 13.6. The number of amides is 3. The predicted molar refractivity (Wildman–Crippen MR) is 202 cm³/mol. The van der Waals surface area contributed by atoms with Gasteiger partial charge < -0.3 is 25.4 Å². The summed E-state index contributed by atoms with van der Waals surface area (Å²) in [7, 11) is 1.77. The third kappa shape index (κ3) is 9.51. The van der Waals surface area contributed by atoms with Crippen molar-refractivity contribution in [2.75, 3.05) is 57.1 Å². The topological polar surface area (TPSA) is 128 Å². The summed E-state index contributed by atoms with van der Waals surface area (Å²) >= 11 is 0. The maximum Gasteiger partial charge on any atom is 0.335 e. The van der Waals surface area contributed by atoms with Gasteiger partial charge in [-0.25, -0.2) is 4.79 Å². The van der Waals surface area contributed by atoms with Gasteiger partial charge in [-0.15, -0.1) is 0 Å². The van der Waals surface area contributed by atoms with Crippen molar-refractivity contribution >= 4 is 35.1 Å². The zero-order chi connectivity index (χ0) is 36.5. The molecule has 3 N–H and O–H groups in total. The van der Waals surface area contributed by atoms with E-state index in [1.807, 2.05) is 48.5 Å². The van der Waals surface area contributed by atoms with Crippen LogP contribution in [0.25, 0.3) is 0 Å². The van der Waals surface area contributed by atoms with Crippen molar-refractivity contribution in [1.29, 1.82) is 0 Å². The van der Waals surface area contributed by atoms with E-state index in [-0.39, 0.29) is 17.4 Å². The van der Waals surface area contributed by atoms with E-state index in [0.29, 0.717) is 47.8 Å². The van der Waals surface area contributed by atoms with Crippen molar-refractivity contribution in [3.05, 3.63) is 129 Å². The van der Waals surface area contributed by atoms with E-state index < -0.39 is 11.9 Å². The van der Waals surface area contributed by atoms with E-state index in [4.69, 9.17) is 9.84 Å². The zero-order valence-corrected chi connectivity index (χ0v) is 29.7. The normalized spacial score (nSPS) is 14.2. The molecule has 4 aromatic carbocycles. The lowest BCUT2D eigenvalue weighted by Crippen LogP contribution is -2.41. The third-order valence-corrected chi connectivity index (χ3v) is 9.89. The molecule has 1 heterocycles. The predicted octanol–water partition coefficient (Wildman–Crippen LogP) is 6.35. The van der Waals surface area contributed by atoms with Gasteiger partial charge in [0.1, 0.15) is 0 Å². The number of hydrogen-bond acceptors (Lipinski definition) is 6. The Bertz CT molecular complexity index is 1900. The number of morpholine rings is 1. The quantitative estimate of drug-likeness (QED) is 0.148. The number of carbonyl (C=O) groups is 4. The van der Waals surface area contributed by atoms with Gasteiger partial charge in [-0.3, -0.25) is 19.3 Å². The lowest BCUT2D eigenvalue weighted by molar-refractivity contribution is 0.0338. The number of nitrogens with one attached hydrogen (secondary N) is 2. The molecule has 6 rings (SSSR count). The Hall–Kier alpha value is -5.32. The molecule has 0 atom stereocenters. The lowest BCUT2D eigenvalue weighted by Gasteiger charge is -2.28. The van der Waals surface area contributed by atoms with Crippen molar-refractivity contribution in [1.82, 2.24) is 9.80 Å². The third-order valence-electron chi connectivity index (χ3n) is 9.89. The van der Waals surface area contributed by atoms with Crippen LogP contribution in [0.4, 0.5) is 11.4 Å². The Morgan fingerprint density at radius 1 is 0.750 bits per heavy atom. The van der Waals surface area contributed by atoms with E-state index in [2.05, 4.69) is 15.5 Å². The van der Waals surface area contributed by atoms with Crippen LogP contribution in [-0.2, 0) is 30.4 Å². The summed E-state index contributed by atoms with van der Waals surface area (Å²) < 4.78 is 5.41. The fourth-order valence-electron chi connectivity index (χ4n) is 6.77. The van der Waals surface area contributed by atoms with E-state index >= 15 is 0 Å². The number of aromatic carboxylic acids is 1. The largest absolute Gasteiger partial charge is 0.478 e. The van der Waals surface area contributed by atoms with Gasteiger partial charge in [0, 0.05) is 50.0 Å². The molecule has 10 heteroatoms. The average Bonchev–Trinajstić information content (AvgIpc) is 3.17. The molecule has 0 radical (unpaired) electrons. The number of anilines is 2. The number of carboxylic acids is 1. The van der Waals surface area contributed by atoms with Gasteiger partial charge in [0.15, 0.2) is 0 Å². The minimum absolute atomic E-state index is 0.157. The first-order valence-corrected chi connectivity index (χ1v) is 18.1. The summed E-state index contributed by atoms with van der Waals surface area (Å²) in [5.41, 5.74) is 7.00. The van der Waals surface area contributed by atoms with E-state index in [1.165, 1.54) is 0 Å². The Balaban J connectivity index is 1.09. The summed E-state index contributed by atoms with van der Waals surface area (Å²) in [6, 6.07) is 25.2. The van der Waals surface area contributed by atoms with Crippen LogP contribution < -0.4 is 10.6 Å². The van der Waals surface area contributed by atoms with E-state index in [0.717, 1.165) is 86.8 Å². The number of nitrogens with zero attached hydrogens (tertiary/aromatic N) is 2. The SMILES string of the molecule is CN(CCN1CCOCC1)C(=O)c1cccc(C(=O)Nc2cc3c(cc2C(=O)Nc2ccc(CCCc4ccc(C(=O)O)cc4)cc2)CCCC3)c1. The zero-order valence-electron chi connectivity index (χ0n) is 29.7. The molecule has 1 aliphatic heterocycles. The monoisotopic (exact) mass is 702 g/mol. The van der Waals surface area contributed by atoms with E-state index in [1.54, 1.807) is 48.3 Å². The molecule has 0 saturated carbocycles. The second kappa shape index (κ2) is 17.3. The lowest BCUT2D eigenvalue weighted by atomic mass is 9.89. The highest BCUT2D eigenvalue weighted by Crippen LogP contribution is 2.29. The minimum Gasteiger partial charge on any atom is -0.478 e. The maximum absolute atomic E-state index is 13.8. The average molecular weight is 703 g/mol. The van der Waals surface area contributed by atoms with Gasteiger partial charge in [0.25, 0.3) is 17.7 Å². The molecule has 0 spiro atoms. The summed E-state index contributed by atoms with van der Waals surface area (Å²) in [6.45, 7) is 4.43. The number of likely N-dealkylation sites (N-methyl/N-ethyl adjacent to an activating group) is 1. The second-order valence-corrected chi connectivity index (χ2v) is 13.6. The van der Waals surface area contributed by atoms with Crippen LogP contribution in [-0.4, -0.2) is 85.0 Å². The molecule has 0 aromatic heterocycles. The van der Waals surface area contributed by atoms with Crippen LogP contribution in [0.15, 0.2) is 84.9 Å². The van der Waals surface area contributed by atoms with Crippen LogP contribution in [0, 0.1) is 0 Å². The van der Waals surface area contributed by atoms with Crippen molar-refractivity contribution in [2.24, 2.45) is 0 Å². The fourth-order valence-corrected chi connectivity index (χ4v) is 6.77. The van der Waals surface area contributed by atoms with E-state index in [9.17, 15) is 19.2 Å². The van der Waals surface area contributed by atoms with Gasteiger partial charge in [-0.2, -0.15) is 0 Å². The summed E-state index contributed by atoms with van der Waals surface area (Å²) in [6.07, 6.45) is 6.45. The molecule has 270 valence electrons. The van der Waals surface area contributed by atoms with Crippen molar-refractivity contribution < 1.29 is 29.0 Å².